The first-order valence-electron chi connectivity index (χ1n) is 10.9. The van der Waals surface area contributed by atoms with E-state index in [2.05, 4.69) is 37.5 Å². The zero-order valence-corrected chi connectivity index (χ0v) is 20.1. The first kappa shape index (κ1) is 25.5. The molecule has 1 aromatic carbocycles. The average molecular weight is 519 g/mol. The molecule has 2 atom stereocenters. The number of pyridine rings is 1. The molecule has 12 nitrogen and oxygen atoms in total. The number of ether oxygens (including phenoxy) is 2. The summed E-state index contributed by atoms with van der Waals surface area (Å²) in [6.45, 7) is 1.18. The van der Waals surface area contributed by atoms with Crippen LogP contribution in [0, 0.1) is 22.7 Å². The Morgan fingerprint density at radius 2 is 1.95 bits per heavy atom. The lowest BCUT2D eigenvalue weighted by atomic mass is 10.1. The van der Waals surface area contributed by atoms with Crippen molar-refractivity contribution in [2.45, 2.75) is 19.1 Å². The number of nitrogens with one attached hydrogen (secondary N) is 1. The molecule has 0 spiro atoms. The molecule has 3 heterocycles. The maximum Gasteiger partial charge on any atom is 0.269 e. The maximum atomic E-state index is 13.0. The maximum absolute atomic E-state index is 13.0. The van der Waals surface area contributed by atoms with Crippen molar-refractivity contribution in [2.24, 2.45) is 0 Å². The first-order valence-corrected chi connectivity index (χ1v) is 11.3. The summed E-state index contributed by atoms with van der Waals surface area (Å²) >= 11 is 5.86. The fourth-order valence-electron chi connectivity index (χ4n) is 3.25. The summed E-state index contributed by atoms with van der Waals surface area (Å²) in [5.74, 6) is -0.314. The van der Waals surface area contributed by atoms with Crippen LogP contribution in [0.1, 0.15) is 18.1 Å². The van der Waals surface area contributed by atoms with E-state index in [1.165, 1.54) is 29.5 Å². The minimum absolute atomic E-state index is 0.0219. The summed E-state index contributed by atoms with van der Waals surface area (Å²) in [6.07, 6.45) is 2.35. The summed E-state index contributed by atoms with van der Waals surface area (Å²) in [7, 11) is 0. The molecule has 0 saturated carbocycles. The van der Waals surface area contributed by atoms with E-state index in [-0.39, 0.29) is 47.4 Å². The molecule has 4 aromatic rings. The Morgan fingerprint density at radius 1 is 1.19 bits per heavy atom. The summed E-state index contributed by atoms with van der Waals surface area (Å²) < 4.78 is 12.8. The predicted octanol–water partition coefficient (Wildman–Crippen LogP) is 2.39. The number of aliphatic hydroxyl groups excluding tert-OH is 1. The third-order valence-electron chi connectivity index (χ3n) is 5.10. The number of carbonyl (C=O) groups is 1. The van der Waals surface area contributed by atoms with Crippen LogP contribution in [-0.4, -0.2) is 61.2 Å². The number of aliphatic hydroxyl groups is 1. The number of para-hydroxylation sites is 1. The number of halogens is 1. The van der Waals surface area contributed by atoms with Gasteiger partial charge in [-0.3, -0.25) is 4.79 Å². The van der Waals surface area contributed by atoms with Crippen molar-refractivity contribution in [3.8, 4) is 23.7 Å². The fourth-order valence-corrected chi connectivity index (χ4v) is 3.37. The van der Waals surface area contributed by atoms with Crippen LogP contribution in [0.4, 0.5) is 5.82 Å². The van der Waals surface area contributed by atoms with Gasteiger partial charge in [-0.25, -0.2) is 19.6 Å². The second-order valence-corrected chi connectivity index (χ2v) is 8.14. The number of nitriles is 2. The molecular weight excluding hydrogens is 500 g/mol. The number of anilines is 1. The Labute approximate surface area is 215 Å². The van der Waals surface area contributed by atoms with Gasteiger partial charge >= 0.3 is 0 Å². The van der Waals surface area contributed by atoms with Crippen LogP contribution in [0.2, 0.25) is 5.02 Å². The highest BCUT2D eigenvalue weighted by Crippen LogP contribution is 2.26. The Bertz CT molecular complexity index is 1480. The summed E-state index contributed by atoms with van der Waals surface area (Å²) in [5, 5.41) is 36.1. The SMILES string of the molecule is C[C@H](CO)OC[C@H](Oc1ncnc2nn(-c3c(C#N)cccc3C#N)cc12)C(=O)Nc1ccc(Cl)cn1. The third-order valence-corrected chi connectivity index (χ3v) is 5.32. The van der Waals surface area contributed by atoms with E-state index in [4.69, 9.17) is 21.1 Å². The van der Waals surface area contributed by atoms with E-state index in [9.17, 15) is 20.4 Å². The van der Waals surface area contributed by atoms with E-state index >= 15 is 0 Å². The number of carbonyl (C=O) groups excluding carboxylic acids is 1. The molecule has 186 valence electrons. The minimum atomic E-state index is -1.20. The standard InChI is InChI=1S/C24H19ClN8O4/c1-14(11-34)36-12-19(23(35)31-20-6-5-17(25)9-28-20)37-24-18-10-33(32-22(18)29-13-30-24)21-15(7-26)3-2-4-16(21)8-27/h2-6,9-10,13-14,19,34H,11-12H2,1H3,(H,28,31,35)/t14-,19+/m1/s1. The molecular formula is C24H19ClN8O4. The van der Waals surface area contributed by atoms with Crippen molar-refractivity contribution in [1.29, 1.82) is 10.5 Å². The number of amides is 1. The van der Waals surface area contributed by atoms with Crippen LogP contribution < -0.4 is 10.1 Å². The topological polar surface area (TPSA) is 172 Å². The van der Waals surface area contributed by atoms with Gasteiger partial charge < -0.3 is 19.9 Å². The Balaban J connectivity index is 1.68. The van der Waals surface area contributed by atoms with E-state index < -0.39 is 18.1 Å². The molecule has 0 bridgehead atoms. The van der Waals surface area contributed by atoms with Crippen LogP contribution in [0.15, 0.2) is 49.1 Å². The Hall–Kier alpha value is -4.62. The second kappa shape index (κ2) is 11.4. The van der Waals surface area contributed by atoms with Crippen molar-refractivity contribution >= 4 is 34.4 Å². The molecule has 37 heavy (non-hydrogen) atoms. The highest BCUT2D eigenvalue weighted by Gasteiger charge is 2.25. The molecule has 0 unspecified atom stereocenters. The number of nitrogens with zero attached hydrogens (tertiary/aromatic N) is 7. The lowest BCUT2D eigenvalue weighted by Gasteiger charge is -2.20. The van der Waals surface area contributed by atoms with Gasteiger partial charge in [0.05, 0.1) is 35.5 Å². The highest BCUT2D eigenvalue weighted by molar-refractivity contribution is 6.30. The first-order chi connectivity index (χ1) is 17.9. The number of hydrogen-bond acceptors (Lipinski definition) is 10. The molecule has 4 rings (SSSR count). The van der Waals surface area contributed by atoms with Crippen molar-refractivity contribution in [3.63, 3.8) is 0 Å². The van der Waals surface area contributed by atoms with E-state index in [1.54, 1.807) is 31.2 Å². The zero-order chi connectivity index (χ0) is 26.4. The van der Waals surface area contributed by atoms with Crippen LogP contribution in [0.3, 0.4) is 0 Å². The van der Waals surface area contributed by atoms with Gasteiger partial charge in [0.25, 0.3) is 5.91 Å². The van der Waals surface area contributed by atoms with Gasteiger partial charge in [0.2, 0.25) is 12.0 Å². The Kier molecular flexibility index (Phi) is 7.86. The van der Waals surface area contributed by atoms with E-state index in [1.807, 2.05) is 0 Å². The number of rotatable bonds is 9. The van der Waals surface area contributed by atoms with Crippen molar-refractivity contribution in [3.05, 3.63) is 65.2 Å². The minimum Gasteiger partial charge on any atom is -0.461 e. The van der Waals surface area contributed by atoms with Crippen LogP contribution in [-0.2, 0) is 9.53 Å². The molecule has 0 aliphatic rings. The summed E-state index contributed by atoms with van der Waals surface area (Å²) in [5.41, 5.74) is 0.965. The molecule has 0 aliphatic heterocycles. The van der Waals surface area contributed by atoms with Crippen LogP contribution in [0.5, 0.6) is 5.88 Å². The molecule has 0 saturated heterocycles. The number of benzene rings is 1. The summed E-state index contributed by atoms with van der Waals surface area (Å²) in [4.78, 5) is 25.4. The number of aromatic nitrogens is 5. The molecule has 3 aromatic heterocycles. The lowest BCUT2D eigenvalue weighted by Crippen LogP contribution is -2.38. The third kappa shape index (κ3) is 5.79. The van der Waals surface area contributed by atoms with Gasteiger partial charge in [0.15, 0.2) is 5.65 Å². The molecule has 1 amide bonds. The monoisotopic (exact) mass is 518 g/mol. The molecule has 0 fully saturated rings. The molecule has 0 aliphatic carbocycles. The summed E-state index contributed by atoms with van der Waals surface area (Å²) in [6, 6.07) is 11.9. The van der Waals surface area contributed by atoms with Gasteiger partial charge in [-0.05, 0) is 31.2 Å². The van der Waals surface area contributed by atoms with E-state index in [0.717, 1.165) is 0 Å². The largest absolute Gasteiger partial charge is 0.461 e. The molecule has 13 heteroatoms. The highest BCUT2D eigenvalue weighted by atomic mass is 35.5. The molecule has 2 N–H and O–H groups in total. The zero-order valence-electron chi connectivity index (χ0n) is 19.4. The average Bonchev–Trinajstić information content (AvgIpc) is 3.36. The van der Waals surface area contributed by atoms with Gasteiger partial charge in [-0.15, -0.1) is 5.10 Å². The predicted molar refractivity (Wildman–Crippen MR) is 131 cm³/mol. The molecule has 0 radical (unpaired) electrons. The second-order valence-electron chi connectivity index (χ2n) is 7.70. The van der Waals surface area contributed by atoms with Gasteiger partial charge in [-0.1, -0.05) is 17.7 Å². The van der Waals surface area contributed by atoms with Crippen molar-refractivity contribution in [2.75, 3.05) is 18.5 Å². The number of hydrogen-bond donors (Lipinski definition) is 2. The smallest absolute Gasteiger partial charge is 0.269 e. The van der Waals surface area contributed by atoms with Crippen LogP contribution in [0.25, 0.3) is 16.7 Å². The van der Waals surface area contributed by atoms with Gasteiger partial charge in [-0.2, -0.15) is 10.5 Å². The lowest BCUT2D eigenvalue weighted by molar-refractivity contribution is -0.127. The quantitative estimate of drug-likeness (QED) is 0.335. The number of fused-ring (bicyclic) bond motifs is 1. The van der Waals surface area contributed by atoms with Gasteiger partial charge in [0.1, 0.15) is 35.4 Å². The van der Waals surface area contributed by atoms with Crippen molar-refractivity contribution < 1.29 is 19.4 Å². The van der Waals surface area contributed by atoms with Crippen LogP contribution >= 0.6 is 11.6 Å². The van der Waals surface area contributed by atoms with Crippen molar-refractivity contribution in [1.82, 2.24) is 24.7 Å². The van der Waals surface area contributed by atoms with E-state index in [0.29, 0.717) is 10.4 Å². The van der Waals surface area contributed by atoms with Gasteiger partial charge in [0, 0.05) is 12.4 Å². The normalized spacial score (nSPS) is 12.4. The fraction of sp³-hybridized carbons (Fsp3) is 0.208. The Morgan fingerprint density at radius 3 is 2.59 bits per heavy atom.